The molecule has 0 spiro atoms. The SMILES string of the molecule is CC(C)(CCCN1C(=O)c2ccccc2C1=O)n1cnc2cccnc21.COC(=O)/C=C/C(C)(C)n1cnc2ncccc21. The van der Waals surface area contributed by atoms with E-state index in [0.717, 1.165) is 23.1 Å². The maximum absolute atomic E-state index is 12.4. The number of carbonyl (C=O) groups is 3. The first-order valence-corrected chi connectivity index (χ1v) is 14.3. The zero-order valence-electron chi connectivity index (χ0n) is 25.5. The quantitative estimate of drug-likeness (QED) is 0.138. The first-order valence-electron chi connectivity index (χ1n) is 14.3. The highest BCUT2D eigenvalue weighted by Crippen LogP contribution is 2.28. The maximum Gasteiger partial charge on any atom is 0.330 e. The Morgan fingerprint density at radius 3 is 2.20 bits per heavy atom. The van der Waals surface area contributed by atoms with Crippen molar-refractivity contribution < 1.29 is 19.1 Å². The van der Waals surface area contributed by atoms with E-state index in [4.69, 9.17) is 0 Å². The van der Waals surface area contributed by atoms with Gasteiger partial charge in [-0.25, -0.2) is 24.7 Å². The zero-order valence-corrected chi connectivity index (χ0v) is 25.5. The molecule has 0 unspecified atom stereocenters. The standard InChI is InChI=1S/C20H20N4O2.C13H15N3O2/c1-20(2,24-13-22-16-9-5-11-21-17(16)24)10-6-12-23-18(25)14-7-3-4-8-15(14)19(23)26;1-13(2,7-6-11(17)18-3)16-9-15-12-10(16)5-4-8-14-12/h3-5,7-9,11,13H,6,10,12H2,1-2H3;4-9H,1-3H3/b;7-6+. The monoisotopic (exact) mass is 593 g/mol. The average Bonchev–Trinajstić information content (AvgIpc) is 3.73. The number of hydrogen-bond donors (Lipinski definition) is 0. The number of pyridine rings is 2. The van der Waals surface area contributed by atoms with Gasteiger partial charge in [0, 0.05) is 30.6 Å². The summed E-state index contributed by atoms with van der Waals surface area (Å²) in [7, 11) is 1.36. The number of hydrogen-bond acceptors (Lipinski definition) is 8. The number of benzene rings is 1. The predicted octanol–water partition coefficient (Wildman–Crippen LogP) is 5.14. The van der Waals surface area contributed by atoms with Crippen molar-refractivity contribution in [2.75, 3.05) is 13.7 Å². The lowest BCUT2D eigenvalue weighted by atomic mass is 9.98. The molecule has 44 heavy (non-hydrogen) atoms. The van der Waals surface area contributed by atoms with E-state index >= 15 is 0 Å². The van der Waals surface area contributed by atoms with Gasteiger partial charge in [-0.05, 0) is 76.9 Å². The Bertz CT molecular complexity index is 1830. The summed E-state index contributed by atoms with van der Waals surface area (Å²) in [6.45, 7) is 8.62. The van der Waals surface area contributed by atoms with Gasteiger partial charge in [-0.2, -0.15) is 0 Å². The average molecular weight is 594 g/mol. The molecule has 1 aromatic carbocycles. The van der Waals surface area contributed by atoms with E-state index in [9.17, 15) is 14.4 Å². The Morgan fingerprint density at radius 2 is 1.50 bits per heavy atom. The van der Waals surface area contributed by atoms with Gasteiger partial charge in [-0.3, -0.25) is 14.5 Å². The summed E-state index contributed by atoms with van der Waals surface area (Å²) in [6, 6.07) is 14.6. The van der Waals surface area contributed by atoms with Gasteiger partial charge in [0.15, 0.2) is 11.3 Å². The fourth-order valence-electron chi connectivity index (χ4n) is 5.26. The van der Waals surface area contributed by atoms with Crippen LogP contribution in [-0.2, 0) is 20.6 Å². The van der Waals surface area contributed by atoms with Crippen LogP contribution in [0, 0.1) is 0 Å². The summed E-state index contributed by atoms with van der Waals surface area (Å²) in [4.78, 5) is 54.6. The van der Waals surface area contributed by atoms with Gasteiger partial charge >= 0.3 is 5.97 Å². The van der Waals surface area contributed by atoms with Crippen LogP contribution in [0.1, 0.15) is 61.3 Å². The number of imidazole rings is 2. The molecule has 0 saturated carbocycles. The maximum atomic E-state index is 12.4. The molecule has 11 heteroatoms. The highest BCUT2D eigenvalue weighted by molar-refractivity contribution is 6.21. The first kappa shape index (κ1) is 30.3. The number of aromatic nitrogens is 6. The number of esters is 1. The molecular weight excluding hydrogens is 558 g/mol. The van der Waals surface area contributed by atoms with Crippen LogP contribution in [0.4, 0.5) is 0 Å². The number of rotatable bonds is 8. The van der Waals surface area contributed by atoms with Gasteiger partial charge in [0.25, 0.3) is 11.8 Å². The number of carbonyl (C=O) groups excluding carboxylic acids is 3. The Balaban J connectivity index is 0.000000187. The molecule has 226 valence electrons. The van der Waals surface area contributed by atoms with Crippen LogP contribution < -0.4 is 0 Å². The third-order valence-corrected chi connectivity index (χ3v) is 7.78. The molecule has 0 radical (unpaired) electrons. The van der Waals surface area contributed by atoms with Crippen molar-refractivity contribution in [1.29, 1.82) is 0 Å². The Labute approximate surface area is 255 Å². The largest absolute Gasteiger partial charge is 0.466 e. The second kappa shape index (κ2) is 12.2. The number of amides is 2. The van der Waals surface area contributed by atoms with Crippen LogP contribution >= 0.6 is 0 Å². The van der Waals surface area contributed by atoms with Crippen LogP contribution in [0.5, 0.6) is 0 Å². The second-order valence-corrected chi connectivity index (χ2v) is 11.7. The summed E-state index contributed by atoms with van der Waals surface area (Å²) >= 11 is 0. The van der Waals surface area contributed by atoms with Crippen molar-refractivity contribution in [3.05, 3.63) is 96.9 Å². The minimum atomic E-state index is -0.383. The number of nitrogens with zero attached hydrogens (tertiary/aromatic N) is 7. The molecule has 0 aliphatic carbocycles. The molecular formula is C33H35N7O4. The highest BCUT2D eigenvalue weighted by atomic mass is 16.5. The molecule has 6 rings (SSSR count). The van der Waals surface area contributed by atoms with Crippen molar-refractivity contribution in [3.63, 3.8) is 0 Å². The molecule has 5 aromatic rings. The second-order valence-electron chi connectivity index (χ2n) is 11.7. The smallest absolute Gasteiger partial charge is 0.330 e. The summed E-state index contributed by atoms with van der Waals surface area (Å²) in [5.41, 5.74) is 3.73. The normalized spacial score (nSPS) is 13.4. The molecule has 0 bridgehead atoms. The third-order valence-electron chi connectivity index (χ3n) is 7.78. The van der Waals surface area contributed by atoms with E-state index < -0.39 is 0 Å². The van der Waals surface area contributed by atoms with E-state index in [1.165, 1.54) is 18.1 Å². The van der Waals surface area contributed by atoms with Crippen molar-refractivity contribution in [1.82, 2.24) is 34.0 Å². The fraction of sp³-hybridized carbons (Fsp3) is 0.303. The van der Waals surface area contributed by atoms with Gasteiger partial charge in [-0.15, -0.1) is 0 Å². The molecule has 0 fully saturated rings. The van der Waals surface area contributed by atoms with Crippen molar-refractivity contribution >= 4 is 40.1 Å². The first-order chi connectivity index (χ1) is 21.0. The molecule has 2 amide bonds. The molecule has 0 atom stereocenters. The number of allylic oxidation sites excluding steroid dienone is 1. The van der Waals surface area contributed by atoms with Crippen molar-refractivity contribution in [2.45, 2.75) is 51.6 Å². The van der Waals surface area contributed by atoms with Crippen molar-refractivity contribution in [3.8, 4) is 0 Å². The Kier molecular flexibility index (Phi) is 8.39. The topological polar surface area (TPSA) is 125 Å². The Hall–Kier alpha value is -5.19. The minimum Gasteiger partial charge on any atom is -0.466 e. The van der Waals surface area contributed by atoms with Gasteiger partial charge in [-0.1, -0.05) is 18.2 Å². The molecule has 0 N–H and O–H groups in total. The van der Waals surface area contributed by atoms with Crippen molar-refractivity contribution in [2.24, 2.45) is 0 Å². The lowest BCUT2D eigenvalue weighted by molar-refractivity contribution is -0.134. The third kappa shape index (κ3) is 5.98. The molecule has 1 aliphatic rings. The number of ether oxygens (including phenoxy) is 1. The van der Waals surface area contributed by atoms with Crippen LogP contribution in [0.2, 0.25) is 0 Å². The van der Waals surface area contributed by atoms with E-state index in [-0.39, 0.29) is 28.9 Å². The van der Waals surface area contributed by atoms with E-state index in [1.54, 1.807) is 55.4 Å². The molecule has 5 heterocycles. The Morgan fingerprint density at radius 1 is 0.841 bits per heavy atom. The summed E-state index contributed by atoms with van der Waals surface area (Å²) in [5.74, 6) is -0.762. The highest BCUT2D eigenvalue weighted by Gasteiger charge is 2.35. The zero-order chi connectivity index (χ0) is 31.5. The summed E-state index contributed by atoms with van der Waals surface area (Å²) in [5, 5.41) is 0. The minimum absolute atomic E-state index is 0.196. The lowest BCUT2D eigenvalue weighted by Crippen LogP contribution is -2.33. The summed E-state index contributed by atoms with van der Waals surface area (Å²) in [6.07, 6.45) is 11.7. The molecule has 1 aliphatic heterocycles. The van der Waals surface area contributed by atoms with Crippen LogP contribution in [0.15, 0.2) is 85.7 Å². The molecule has 4 aromatic heterocycles. The van der Waals surface area contributed by atoms with Gasteiger partial charge in [0.1, 0.15) is 5.52 Å². The van der Waals surface area contributed by atoms with E-state index in [1.807, 2.05) is 42.7 Å². The number of fused-ring (bicyclic) bond motifs is 3. The molecule has 11 nitrogen and oxygen atoms in total. The van der Waals surface area contributed by atoms with Gasteiger partial charge in [0.2, 0.25) is 0 Å². The molecule has 0 saturated heterocycles. The summed E-state index contributed by atoms with van der Waals surface area (Å²) < 4.78 is 8.61. The predicted molar refractivity (Wildman–Crippen MR) is 166 cm³/mol. The van der Waals surface area contributed by atoms with Crippen LogP contribution in [0.25, 0.3) is 22.3 Å². The van der Waals surface area contributed by atoms with Gasteiger partial charge < -0.3 is 13.9 Å². The lowest BCUT2D eigenvalue weighted by Gasteiger charge is -2.27. The van der Waals surface area contributed by atoms with Crippen LogP contribution in [-0.4, -0.2) is 65.4 Å². The number of methoxy groups -OCH3 is 1. The fourth-order valence-corrected chi connectivity index (χ4v) is 5.26. The van der Waals surface area contributed by atoms with Crippen LogP contribution in [0.3, 0.4) is 0 Å². The van der Waals surface area contributed by atoms with Gasteiger partial charge in [0.05, 0.1) is 41.9 Å². The number of imide groups is 1. The van der Waals surface area contributed by atoms with E-state index in [2.05, 4.69) is 43.1 Å². The van der Waals surface area contributed by atoms with E-state index in [0.29, 0.717) is 29.7 Å².